The molecule has 2 N–H and O–H groups in total. The summed E-state index contributed by atoms with van der Waals surface area (Å²) < 4.78 is 21.2. The Labute approximate surface area is 146 Å². The lowest BCUT2D eigenvalue weighted by atomic mass is 10.0. The van der Waals surface area contributed by atoms with Crippen molar-refractivity contribution in [2.45, 2.75) is 24.8 Å². The third kappa shape index (κ3) is 3.42. The minimum Gasteiger partial charge on any atom is -0.493 e. The monoisotopic (exact) mass is 352 g/mol. The second-order valence-corrected chi connectivity index (χ2v) is 5.61. The molecular formula is C17H24N2O6. The predicted octanol–water partition coefficient (Wildman–Crippen LogP) is 1.43. The number of hydrogen-bond donors (Lipinski definition) is 2. The molecule has 2 unspecified atom stereocenters. The maximum atomic E-state index is 12.4. The van der Waals surface area contributed by atoms with Crippen molar-refractivity contribution in [2.75, 3.05) is 35.0 Å². The first-order valence-corrected chi connectivity index (χ1v) is 7.94. The van der Waals surface area contributed by atoms with Gasteiger partial charge in [0.05, 0.1) is 27.9 Å². The van der Waals surface area contributed by atoms with E-state index >= 15 is 0 Å². The van der Waals surface area contributed by atoms with E-state index in [-0.39, 0.29) is 12.5 Å². The van der Waals surface area contributed by atoms with Crippen molar-refractivity contribution in [3.63, 3.8) is 0 Å². The second kappa shape index (κ2) is 7.50. The molecule has 2 atom stereocenters. The van der Waals surface area contributed by atoms with Gasteiger partial charge in [0, 0.05) is 13.0 Å². The standard InChI is InChI=1S/C17H24N2O6/c1-6-25-15(20)17(19-16(21)18-2)9-11(17)10-7-12(22-3)14(24-5)13(8-10)23-4/h7-8,11H,6,9H2,1-5H3,(H2,18,19,21). The lowest BCUT2D eigenvalue weighted by molar-refractivity contribution is -0.146. The molecule has 1 saturated carbocycles. The molecule has 0 aromatic heterocycles. The summed E-state index contributed by atoms with van der Waals surface area (Å²) in [7, 11) is 6.06. The average Bonchev–Trinajstić information content (AvgIpc) is 3.35. The van der Waals surface area contributed by atoms with E-state index in [0.717, 1.165) is 5.56 Å². The van der Waals surface area contributed by atoms with Crippen molar-refractivity contribution in [2.24, 2.45) is 0 Å². The molecule has 25 heavy (non-hydrogen) atoms. The molecule has 2 amide bonds. The molecule has 8 heteroatoms. The summed E-state index contributed by atoms with van der Waals surface area (Å²) >= 11 is 0. The van der Waals surface area contributed by atoms with E-state index in [1.165, 1.54) is 28.4 Å². The Morgan fingerprint density at radius 2 is 1.76 bits per heavy atom. The Morgan fingerprint density at radius 3 is 2.20 bits per heavy atom. The smallest absolute Gasteiger partial charge is 0.332 e. The lowest BCUT2D eigenvalue weighted by Gasteiger charge is -2.19. The third-order valence-electron chi connectivity index (χ3n) is 4.25. The van der Waals surface area contributed by atoms with Crippen molar-refractivity contribution in [1.29, 1.82) is 0 Å². The SMILES string of the molecule is CCOC(=O)C1(NC(=O)NC)CC1c1cc(OC)c(OC)c(OC)c1. The maximum absolute atomic E-state index is 12.4. The van der Waals surface area contributed by atoms with Crippen LogP contribution in [0, 0.1) is 0 Å². The van der Waals surface area contributed by atoms with Gasteiger partial charge < -0.3 is 29.6 Å². The first-order chi connectivity index (χ1) is 12.0. The molecule has 138 valence electrons. The zero-order valence-corrected chi connectivity index (χ0v) is 15.1. The zero-order valence-electron chi connectivity index (χ0n) is 15.1. The van der Waals surface area contributed by atoms with Crippen LogP contribution in [0.3, 0.4) is 0 Å². The Hall–Kier alpha value is -2.64. The summed E-state index contributed by atoms with van der Waals surface area (Å²) in [6.07, 6.45) is 0.428. The molecule has 0 spiro atoms. The summed E-state index contributed by atoms with van der Waals surface area (Å²) in [6, 6.07) is 3.11. The van der Waals surface area contributed by atoms with Gasteiger partial charge in [-0.2, -0.15) is 0 Å². The van der Waals surface area contributed by atoms with Gasteiger partial charge in [-0.1, -0.05) is 0 Å². The van der Waals surface area contributed by atoms with E-state index in [4.69, 9.17) is 18.9 Å². The summed E-state index contributed by atoms with van der Waals surface area (Å²) in [4.78, 5) is 24.2. The zero-order chi connectivity index (χ0) is 18.6. The second-order valence-electron chi connectivity index (χ2n) is 5.61. The fourth-order valence-corrected chi connectivity index (χ4v) is 2.91. The van der Waals surface area contributed by atoms with Gasteiger partial charge in [-0.05, 0) is 31.0 Å². The molecule has 0 aliphatic heterocycles. The van der Waals surface area contributed by atoms with Gasteiger partial charge in [0.1, 0.15) is 5.54 Å². The minimum atomic E-state index is -1.10. The first-order valence-electron chi connectivity index (χ1n) is 7.94. The molecule has 0 heterocycles. The van der Waals surface area contributed by atoms with Gasteiger partial charge >= 0.3 is 12.0 Å². The van der Waals surface area contributed by atoms with Crippen LogP contribution in [0.1, 0.15) is 24.8 Å². The van der Waals surface area contributed by atoms with Crippen LogP contribution in [0.5, 0.6) is 17.2 Å². The van der Waals surface area contributed by atoms with E-state index in [1.807, 2.05) is 0 Å². The van der Waals surface area contributed by atoms with Gasteiger partial charge in [-0.15, -0.1) is 0 Å². The number of benzene rings is 1. The highest BCUT2D eigenvalue weighted by atomic mass is 16.5. The van der Waals surface area contributed by atoms with E-state index in [0.29, 0.717) is 23.7 Å². The van der Waals surface area contributed by atoms with Crippen LogP contribution in [-0.4, -0.2) is 52.5 Å². The largest absolute Gasteiger partial charge is 0.493 e. The molecule has 0 radical (unpaired) electrons. The number of methoxy groups -OCH3 is 3. The summed E-state index contributed by atoms with van der Waals surface area (Å²) in [5.41, 5.74) is -0.306. The minimum absolute atomic E-state index is 0.234. The molecule has 1 aromatic rings. The third-order valence-corrected chi connectivity index (χ3v) is 4.25. The number of carbonyl (C=O) groups is 2. The van der Waals surface area contributed by atoms with E-state index in [1.54, 1.807) is 19.1 Å². The Morgan fingerprint density at radius 1 is 1.16 bits per heavy atom. The number of carbonyl (C=O) groups excluding carboxylic acids is 2. The van der Waals surface area contributed by atoms with Gasteiger partial charge in [0.15, 0.2) is 11.5 Å². The van der Waals surface area contributed by atoms with Crippen LogP contribution in [0.15, 0.2) is 12.1 Å². The summed E-state index contributed by atoms with van der Waals surface area (Å²) in [5, 5.41) is 5.18. The van der Waals surface area contributed by atoms with Crippen molar-refractivity contribution < 1.29 is 28.5 Å². The molecule has 8 nitrogen and oxygen atoms in total. The molecule has 0 bridgehead atoms. The van der Waals surface area contributed by atoms with Crippen molar-refractivity contribution in [1.82, 2.24) is 10.6 Å². The fraction of sp³-hybridized carbons (Fsp3) is 0.529. The van der Waals surface area contributed by atoms with E-state index in [2.05, 4.69) is 10.6 Å². The number of urea groups is 1. The Bertz CT molecular complexity index is 638. The molecule has 1 fully saturated rings. The molecule has 1 aliphatic rings. The highest BCUT2D eigenvalue weighted by molar-refractivity contribution is 5.92. The maximum Gasteiger partial charge on any atom is 0.332 e. The molecule has 0 saturated heterocycles. The number of esters is 1. The highest BCUT2D eigenvalue weighted by Gasteiger charge is 2.63. The number of nitrogens with one attached hydrogen (secondary N) is 2. The average molecular weight is 352 g/mol. The predicted molar refractivity (Wildman–Crippen MR) is 90.4 cm³/mol. The van der Waals surface area contributed by atoms with Gasteiger partial charge in [-0.3, -0.25) is 0 Å². The normalized spacial score (nSPS) is 21.1. The van der Waals surface area contributed by atoms with Gasteiger partial charge in [-0.25, -0.2) is 9.59 Å². The molecular weight excluding hydrogens is 328 g/mol. The van der Waals surface area contributed by atoms with Gasteiger partial charge in [0.2, 0.25) is 5.75 Å². The Balaban J connectivity index is 2.40. The molecule has 1 aliphatic carbocycles. The van der Waals surface area contributed by atoms with E-state index in [9.17, 15) is 9.59 Å². The van der Waals surface area contributed by atoms with Crippen LogP contribution in [-0.2, 0) is 9.53 Å². The van der Waals surface area contributed by atoms with E-state index < -0.39 is 17.5 Å². The van der Waals surface area contributed by atoms with Crippen molar-refractivity contribution in [3.05, 3.63) is 17.7 Å². The Kier molecular flexibility index (Phi) is 5.61. The number of rotatable bonds is 7. The lowest BCUT2D eigenvalue weighted by Crippen LogP contribution is -2.49. The van der Waals surface area contributed by atoms with Crippen LogP contribution >= 0.6 is 0 Å². The first kappa shape index (κ1) is 18.7. The van der Waals surface area contributed by atoms with Crippen LogP contribution in [0.2, 0.25) is 0 Å². The van der Waals surface area contributed by atoms with Gasteiger partial charge in [0.25, 0.3) is 0 Å². The van der Waals surface area contributed by atoms with Crippen molar-refractivity contribution in [3.8, 4) is 17.2 Å². The van der Waals surface area contributed by atoms with Crippen molar-refractivity contribution >= 4 is 12.0 Å². The topological polar surface area (TPSA) is 95.1 Å². The number of hydrogen-bond acceptors (Lipinski definition) is 6. The number of ether oxygens (including phenoxy) is 4. The molecule has 2 rings (SSSR count). The van der Waals surface area contributed by atoms with Crippen LogP contribution in [0.25, 0.3) is 0 Å². The highest BCUT2D eigenvalue weighted by Crippen LogP contribution is 2.54. The number of amides is 2. The molecule has 1 aromatic carbocycles. The van der Waals surface area contributed by atoms with Crippen LogP contribution in [0.4, 0.5) is 4.79 Å². The van der Waals surface area contributed by atoms with Crippen LogP contribution < -0.4 is 24.8 Å². The quantitative estimate of drug-likeness (QED) is 0.721. The summed E-state index contributed by atoms with van der Waals surface area (Å²) in [5.74, 6) is 0.730. The summed E-state index contributed by atoms with van der Waals surface area (Å²) in [6.45, 7) is 1.96. The fourth-order valence-electron chi connectivity index (χ4n) is 2.91.